The Hall–Kier alpha value is -0.880. The first kappa shape index (κ1) is 16.2. The van der Waals surface area contributed by atoms with Gasteiger partial charge in [0.25, 0.3) is 0 Å². The number of hydrogen-bond donors (Lipinski definition) is 2. The van der Waals surface area contributed by atoms with Crippen molar-refractivity contribution < 1.29 is 8.42 Å². The highest BCUT2D eigenvalue weighted by molar-refractivity contribution is 7.89. The van der Waals surface area contributed by atoms with Crippen LogP contribution in [0.1, 0.15) is 12.0 Å². The standard InChI is InChI=1S/C13H18N2O2S.ClH/c1-11-4-2-3-5-13(11)18(16,17)15-10-12-6-8-14-9-7-12;/h2-6,14-15H,7-10H2,1H3;1H. The van der Waals surface area contributed by atoms with Crippen LogP contribution in [0.25, 0.3) is 0 Å². The molecule has 4 nitrogen and oxygen atoms in total. The van der Waals surface area contributed by atoms with E-state index in [9.17, 15) is 8.42 Å². The normalized spacial score (nSPS) is 15.5. The minimum absolute atomic E-state index is 0. The smallest absolute Gasteiger partial charge is 0.241 e. The van der Waals surface area contributed by atoms with E-state index in [2.05, 4.69) is 10.0 Å². The molecular weight excluding hydrogens is 284 g/mol. The lowest BCUT2D eigenvalue weighted by molar-refractivity contribution is 0.581. The third-order valence-corrected chi connectivity index (χ3v) is 4.59. The van der Waals surface area contributed by atoms with Crippen LogP contribution in [0.15, 0.2) is 40.8 Å². The minimum atomic E-state index is -3.40. The van der Waals surface area contributed by atoms with Crippen LogP contribution in [0.2, 0.25) is 0 Å². The van der Waals surface area contributed by atoms with Crippen LogP contribution in [0.4, 0.5) is 0 Å². The highest BCUT2D eigenvalue weighted by Gasteiger charge is 2.16. The van der Waals surface area contributed by atoms with Crippen molar-refractivity contribution in [3.8, 4) is 0 Å². The molecule has 0 fully saturated rings. The highest BCUT2D eigenvalue weighted by Crippen LogP contribution is 2.14. The first-order chi connectivity index (χ1) is 8.59. The number of hydrogen-bond acceptors (Lipinski definition) is 3. The summed E-state index contributed by atoms with van der Waals surface area (Å²) < 4.78 is 26.9. The van der Waals surface area contributed by atoms with Gasteiger partial charge in [-0.3, -0.25) is 0 Å². The molecule has 1 aliphatic heterocycles. The molecule has 0 bridgehead atoms. The van der Waals surface area contributed by atoms with Crippen molar-refractivity contribution in [1.82, 2.24) is 10.0 Å². The Morgan fingerprint density at radius 1 is 1.32 bits per heavy atom. The molecule has 0 amide bonds. The summed E-state index contributed by atoms with van der Waals surface area (Å²) >= 11 is 0. The van der Waals surface area contributed by atoms with Gasteiger partial charge in [0.1, 0.15) is 0 Å². The second-order valence-electron chi connectivity index (χ2n) is 4.41. The number of sulfonamides is 1. The number of nitrogens with one attached hydrogen (secondary N) is 2. The van der Waals surface area contributed by atoms with Crippen LogP contribution in [0.5, 0.6) is 0 Å². The Bertz CT molecular complexity index is 556. The lowest BCUT2D eigenvalue weighted by Crippen LogP contribution is -2.30. The molecule has 1 aromatic carbocycles. The summed E-state index contributed by atoms with van der Waals surface area (Å²) in [4.78, 5) is 0.361. The molecule has 1 heterocycles. The molecule has 0 atom stereocenters. The van der Waals surface area contributed by atoms with Gasteiger partial charge in [-0.05, 0) is 31.5 Å². The average molecular weight is 303 g/mol. The molecule has 0 radical (unpaired) electrons. The van der Waals surface area contributed by atoms with Crippen LogP contribution in [0.3, 0.4) is 0 Å². The van der Waals surface area contributed by atoms with E-state index in [-0.39, 0.29) is 12.4 Å². The van der Waals surface area contributed by atoms with Gasteiger partial charge in [0.15, 0.2) is 0 Å². The lowest BCUT2D eigenvalue weighted by Gasteiger charge is -2.15. The van der Waals surface area contributed by atoms with Gasteiger partial charge in [-0.1, -0.05) is 29.8 Å². The average Bonchev–Trinajstić information content (AvgIpc) is 2.38. The largest absolute Gasteiger partial charge is 0.313 e. The first-order valence-corrected chi connectivity index (χ1v) is 7.52. The first-order valence-electron chi connectivity index (χ1n) is 6.03. The summed E-state index contributed by atoms with van der Waals surface area (Å²) in [6.07, 6.45) is 2.94. The summed E-state index contributed by atoms with van der Waals surface area (Å²) in [5.74, 6) is 0. The van der Waals surface area contributed by atoms with Crippen molar-refractivity contribution in [3.05, 3.63) is 41.5 Å². The Morgan fingerprint density at radius 2 is 2.05 bits per heavy atom. The van der Waals surface area contributed by atoms with E-state index < -0.39 is 10.0 Å². The summed E-state index contributed by atoms with van der Waals surface area (Å²) in [6.45, 7) is 3.94. The van der Waals surface area contributed by atoms with Crippen LogP contribution in [0, 0.1) is 6.92 Å². The monoisotopic (exact) mass is 302 g/mol. The molecule has 0 aliphatic carbocycles. The van der Waals surface area contributed by atoms with Gasteiger partial charge < -0.3 is 5.32 Å². The Balaban J connectivity index is 0.00000180. The van der Waals surface area contributed by atoms with Gasteiger partial charge in [0, 0.05) is 13.1 Å². The molecule has 0 saturated carbocycles. The maximum Gasteiger partial charge on any atom is 0.241 e. The molecule has 0 spiro atoms. The van der Waals surface area contributed by atoms with Crippen molar-refractivity contribution in [2.75, 3.05) is 19.6 Å². The topological polar surface area (TPSA) is 58.2 Å². The van der Waals surface area contributed by atoms with Crippen molar-refractivity contribution in [3.63, 3.8) is 0 Å². The zero-order valence-corrected chi connectivity index (χ0v) is 12.5. The van der Waals surface area contributed by atoms with Gasteiger partial charge in [-0.15, -0.1) is 12.4 Å². The van der Waals surface area contributed by atoms with E-state index in [1.807, 2.05) is 12.1 Å². The van der Waals surface area contributed by atoms with E-state index in [4.69, 9.17) is 0 Å². The van der Waals surface area contributed by atoms with Crippen molar-refractivity contribution in [2.24, 2.45) is 0 Å². The fourth-order valence-electron chi connectivity index (χ4n) is 1.95. The summed E-state index contributed by atoms with van der Waals surface area (Å²) in [5, 5.41) is 3.20. The van der Waals surface area contributed by atoms with Gasteiger partial charge in [-0.2, -0.15) is 0 Å². The molecule has 1 aromatic rings. The summed E-state index contributed by atoms with van der Waals surface area (Å²) in [7, 11) is -3.40. The molecule has 106 valence electrons. The SMILES string of the molecule is Cc1ccccc1S(=O)(=O)NCC1=CCNCC1.Cl. The van der Waals surface area contributed by atoms with E-state index in [0.717, 1.165) is 30.6 Å². The molecule has 2 rings (SSSR count). The Kier molecular flexibility index (Phi) is 6.00. The molecule has 0 aromatic heterocycles. The zero-order chi connectivity index (χ0) is 13.0. The Morgan fingerprint density at radius 3 is 2.68 bits per heavy atom. The third kappa shape index (κ3) is 4.31. The van der Waals surface area contributed by atoms with Crippen molar-refractivity contribution in [1.29, 1.82) is 0 Å². The minimum Gasteiger partial charge on any atom is -0.313 e. The van der Waals surface area contributed by atoms with Crippen LogP contribution in [-0.2, 0) is 10.0 Å². The van der Waals surface area contributed by atoms with Gasteiger partial charge in [0.2, 0.25) is 10.0 Å². The maximum atomic E-state index is 12.1. The fourth-order valence-corrected chi connectivity index (χ4v) is 3.23. The second-order valence-corrected chi connectivity index (χ2v) is 6.14. The Labute approximate surface area is 120 Å². The molecule has 6 heteroatoms. The van der Waals surface area contributed by atoms with Gasteiger partial charge in [-0.25, -0.2) is 13.1 Å². The van der Waals surface area contributed by atoms with Crippen LogP contribution >= 0.6 is 12.4 Å². The van der Waals surface area contributed by atoms with E-state index in [1.165, 1.54) is 0 Å². The molecule has 19 heavy (non-hydrogen) atoms. The number of rotatable bonds is 4. The highest BCUT2D eigenvalue weighted by atomic mass is 35.5. The van der Waals surface area contributed by atoms with E-state index in [1.54, 1.807) is 25.1 Å². The molecule has 0 saturated heterocycles. The molecule has 2 N–H and O–H groups in total. The predicted molar refractivity (Wildman–Crippen MR) is 79.2 cm³/mol. The lowest BCUT2D eigenvalue weighted by atomic mass is 10.1. The van der Waals surface area contributed by atoms with E-state index in [0.29, 0.717) is 11.4 Å². The predicted octanol–water partition coefficient (Wildman–Crippen LogP) is 1.61. The van der Waals surface area contributed by atoms with Gasteiger partial charge in [0.05, 0.1) is 4.90 Å². The molecular formula is C13H19ClN2O2S. The van der Waals surface area contributed by atoms with Crippen molar-refractivity contribution >= 4 is 22.4 Å². The molecule has 1 aliphatic rings. The number of halogens is 1. The number of benzene rings is 1. The maximum absolute atomic E-state index is 12.1. The van der Waals surface area contributed by atoms with Crippen molar-refractivity contribution in [2.45, 2.75) is 18.2 Å². The number of aryl methyl sites for hydroxylation is 1. The van der Waals surface area contributed by atoms with E-state index >= 15 is 0 Å². The summed E-state index contributed by atoms with van der Waals surface area (Å²) in [5.41, 5.74) is 1.91. The molecule has 0 unspecified atom stereocenters. The third-order valence-electron chi connectivity index (χ3n) is 3.03. The van der Waals surface area contributed by atoms with Crippen LogP contribution in [-0.4, -0.2) is 28.1 Å². The van der Waals surface area contributed by atoms with Gasteiger partial charge >= 0.3 is 0 Å². The fraction of sp³-hybridized carbons (Fsp3) is 0.385. The quantitative estimate of drug-likeness (QED) is 0.831. The second kappa shape index (κ2) is 7.05. The zero-order valence-electron chi connectivity index (χ0n) is 10.8. The summed E-state index contributed by atoms with van der Waals surface area (Å²) in [6, 6.07) is 7.02. The van der Waals surface area contributed by atoms with Crippen LogP contribution < -0.4 is 10.0 Å².